The van der Waals surface area contributed by atoms with E-state index in [-0.39, 0.29) is 12.4 Å². The quantitative estimate of drug-likeness (QED) is 0.646. The number of nitrogens with two attached hydrogens (primary N) is 1. The van der Waals surface area contributed by atoms with E-state index in [1.54, 1.807) is 20.8 Å². The molecule has 0 heterocycles. The first-order valence-electron chi connectivity index (χ1n) is 2.89. The molecule has 64 valence electrons. The topological polar surface area (TPSA) is 26.0 Å². The standard InChI is InChI=1S/C6H13F2N.ClH/c1-6(2,3)4(9)5(7)8;/h4-5H,9H2,1-3H3;1H. The molecule has 0 amide bonds. The van der Waals surface area contributed by atoms with E-state index in [0.717, 1.165) is 0 Å². The smallest absolute Gasteiger partial charge is 0.253 e. The van der Waals surface area contributed by atoms with Crippen LogP contribution in [0.1, 0.15) is 20.8 Å². The normalized spacial score (nSPS) is 14.7. The lowest BCUT2D eigenvalue weighted by molar-refractivity contribution is 0.0658. The zero-order valence-corrected chi connectivity index (χ0v) is 7.21. The van der Waals surface area contributed by atoms with Gasteiger partial charge in [0.1, 0.15) is 0 Å². The van der Waals surface area contributed by atoms with Crippen molar-refractivity contribution in [2.45, 2.75) is 33.2 Å². The van der Waals surface area contributed by atoms with Gasteiger partial charge in [0.25, 0.3) is 6.43 Å². The number of rotatable bonds is 1. The largest absolute Gasteiger partial charge is 0.322 e. The molecular formula is C6H14ClF2N. The number of halogens is 3. The Kier molecular flexibility index (Phi) is 5.21. The van der Waals surface area contributed by atoms with Gasteiger partial charge in [0.05, 0.1) is 6.04 Å². The van der Waals surface area contributed by atoms with E-state index in [4.69, 9.17) is 5.73 Å². The second-order valence-corrected chi connectivity index (χ2v) is 3.23. The Morgan fingerprint density at radius 2 is 1.50 bits per heavy atom. The van der Waals surface area contributed by atoms with Gasteiger partial charge in [-0.25, -0.2) is 8.78 Å². The fourth-order valence-corrected chi connectivity index (χ4v) is 0.378. The third-order valence-corrected chi connectivity index (χ3v) is 1.27. The van der Waals surface area contributed by atoms with Crippen molar-refractivity contribution < 1.29 is 8.78 Å². The Hall–Kier alpha value is 0.110. The first-order chi connectivity index (χ1) is 3.85. The van der Waals surface area contributed by atoms with E-state index in [0.29, 0.717) is 0 Å². The van der Waals surface area contributed by atoms with Crippen LogP contribution in [-0.2, 0) is 0 Å². The second kappa shape index (κ2) is 4.09. The molecule has 1 unspecified atom stereocenters. The average molecular weight is 174 g/mol. The van der Waals surface area contributed by atoms with Crippen LogP contribution in [0.3, 0.4) is 0 Å². The van der Waals surface area contributed by atoms with Gasteiger partial charge in [-0.3, -0.25) is 0 Å². The average Bonchev–Trinajstić information content (AvgIpc) is 1.62. The van der Waals surface area contributed by atoms with Crippen LogP contribution < -0.4 is 5.73 Å². The van der Waals surface area contributed by atoms with Crippen molar-refractivity contribution in [1.29, 1.82) is 0 Å². The van der Waals surface area contributed by atoms with Crippen molar-refractivity contribution in [3.8, 4) is 0 Å². The number of alkyl halides is 2. The number of hydrogen-bond acceptors (Lipinski definition) is 1. The van der Waals surface area contributed by atoms with Gasteiger partial charge < -0.3 is 5.73 Å². The SMILES string of the molecule is CC(C)(C)C(N)C(F)F.Cl. The van der Waals surface area contributed by atoms with Gasteiger partial charge in [-0.2, -0.15) is 0 Å². The molecule has 0 aliphatic carbocycles. The molecular weight excluding hydrogens is 160 g/mol. The van der Waals surface area contributed by atoms with Crippen LogP contribution in [0.2, 0.25) is 0 Å². The monoisotopic (exact) mass is 173 g/mol. The highest BCUT2D eigenvalue weighted by Crippen LogP contribution is 2.21. The summed E-state index contributed by atoms with van der Waals surface area (Å²) in [7, 11) is 0. The Morgan fingerprint density at radius 3 is 1.50 bits per heavy atom. The first-order valence-corrected chi connectivity index (χ1v) is 2.89. The summed E-state index contributed by atoms with van der Waals surface area (Å²) in [5, 5.41) is 0. The molecule has 4 heteroatoms. The molecule has 0 radical (unpaired) electrons. The predicted octanol–water partition coefficient (Wildman–Crippen LogP) is 2.05. The maximum Gasteiger partial charge on any atom is 0.253 e. The molecule has 0 saturated carbocycles. The third-order valence-electron chi connectivity index (χ3n) is 1.27. The van der Waals surface area contributed by atoms with Gasteiger partial charge in [0.15, 0.2) is 0 Å². The third kappa shape index (κ3) is 4.01. The highest BCUT2D eigenvalue weighted by molar-refractivity contribution is 5.85. The zero-order chi connectivity index (χ0) is 7.65. The Labute approximate surface area is 66.4 Å². The maximum atomic E-state index is 11.8. The lowest BCUT2D eigenvalue weighted by Gasteiger charge is -2.25. The van der Waals surface area contributed by atoms with Crippen LogP contribution in [-0.4, -0.2) is 12.5 Å². The zero-order valence-electron chi connectivity index (χ0n) is 6.40. The summed E-state index contributed by atoms with van der Waals surface area (Å²) in [5.41, 5.74) is 4.65. The van der Waals surface area contributed by atoms with E-state index in [1.807, 2.05) is 0 Å². The summed E-state index contributed by atoms with van der Waals surface area (Å²) in [6.45, 7) is 5.09. The van der Waals surface area contributed by atoms with E-state index in [9.17, 15) is 8.78 Å². The Balaban J connectivity index is 0. The van der Waals surface area contributed by atoms with Crippen LogP contribution in [0.25, 0.3) is 0 Å². The molecule has 0 saturated heterocycles. The van der Waals surface area contributed by atoms with Crippen LogP contribution in [0.4, 0.5) is 8.78 Å². The Bertz CT molecular complexity index is 90.2. The van der Waals surface area contributed by atoms with Crippen LogP contribution >= 0.6 is 12.4 Å². The summed E-state index contributed by atoms with van der Waals surface area (Å²) in [6.07, 6.45) is -2.41. The van der Waals surface area contributed by atoms with Gasteiger partial charge in [0.2, 0.25) is 0 Å². The molecule has 0 aromatic rings. The van der Waals surface area contributed by atoms with Crippen LogP contribution in [0.5, 0.6) is 0 Å². The van der Waals surface area contributed by atoms with Crippen molar-refractivity contribution >= 4 is 12.4 Å². The summed E-state index contributed by atoms with van der Waals surface area (Å²) in [5.74, 6) is 0. The molecule has 0 aromatic carbocycles. The maximum absolute atomic E-state index is 11.8. The lowest BCUT2D eigenvalue weighted by Crippen LogP contribution is -2.41. The minimum Gasteiger partial charge on any atom is -0.322 e. The van der Waals surface area contributed by atoms with Gasteiger partial charge in [-0.1, -0.05) is 20.8 Å². The molecule has 0 aliphatic rings. The molecule has 10 heavy (non-hydrogen) atoms. The fourth-order valence-electron chi connectivity index (χ4n) is 0.378. The molecule has 0 bridgehead atoms. The van der Waals surface area contributed by atoms with Crippen LogP contribution in [0.15, 0.2) is 0 Å². The molecule has 0 aromatic heterocycles. The first kappa shape index (κ1) is 12.8. The Morgan fingerprint density at radius 1 is 1.20 bits per heavy atom. The van der Waals surface area contributed by atoms with Gasteiger partial charge >= 0.3 is 0 Å². The number of hydrogen-bond donors (Lipinski definition) is 1. The van der Waals surface area contributed by atoms with Gasteiger partial charge in [-0.15, -0.1) is 12.4 Å². The van der Waals surface area contributed by atoms with Crippen molar-refractivity contribution in [1.82, 2.24) is 0 Å². The predicted molar refractivity (Wildman–Crippen MR) is 40.7 cm³/mol. The molecule has 1 atom stereocenters. The molecule has 2 N–H and O–H groups in total. The highest BCUT2D eigenvalue weighted by Gasteiger charge is 2.28. The molecule has 0 rings (SSSR count). The van der Waals surface area contributed by atoms with Crippen molar-refractivity contribution in [3.05, 3.63) is 0 Å². The minimum absolute atomic E-state index is 0. The van der Waals surface area contributed by atoms with Gasteiger partial charge in [0, 0.05) is 0 Å². The summed E-state index contributed by atoms with van der Waals surface area (Å²) in [4.78, 5) is 0. The van der Waals surface area contributed by atoms with Crippen molar-refractivity contribution in [2.24, 2.45) is 11.1 Å². The minimum atomic E-state index is -2.41. The second-order valence-electron chi connectivity index (χ2n) is 3.23. The fraction of sp³-hybridized carbons (Fsp3) is 1.00. The summed E-state index contributed by atoms with van der Waals surface area (Å²) < 4.78 is 23.6. The van der Waals surface area contributed by atoms with Crippen molar-refractivity contribution in [3.63, 3.8) is 0 Å². The summed E-state index contributed by atoms with van der Waals surface area (Å²) in [6, 6.07) is -1.02. The molecule has 0 spiro atoms. The highest BCUT2D eigenvalue weighted by atomic mass is 35.5. The van der Waals surface area contributed by atoms with E-state index in [1.165, 1.54) is 0 Å². The molecule has 0 fully saturated rings. The summed E-state index contributed by atoms with van der Waals surface area (Å²) >= 11 is 0. The molecule has 1 nitrogen and oxygen atoms in total. The van der Waals surface area contributed by atoms with Gasteiger partial charge in [-0.05, 0) is 5.41 Å². The van der Waals surface area contributed by atoms with E-state index in [2.05, 4.69) is 0 Å². The molecule has 0 aliphatic heterocycles. The van der Waals surface area contributed by atoms with Crippen molar-refractivity contribution in [2.75, 3.05) is 0 Å². The van der Waals surface area contributed by atoms with E-state index >= 15 is 0 Å². The van der Waals surface area contributed by atoms with Crippen LogP contribution in [0, 0.1) is 5.41 Å². The lowest BCUT2D eigenvalue weighted by atomic mass is 9.88. The van der Waals surface area contributed by atoms with E-state index < -0.39 is 17.9 Å².